The molecular formula is C17H19N3O2S. The number of imidazole rings is 1. The van der Waals surface area contributed by atoms with E-state index in [0.717, 1.165) is 40.1 Å². The SMILES string of the molecule is COc1ccc(OC)c(-c2nccn2Cc2sc(C)nc2C)c1. The van der Waals surface area contributed by atoms with Gasteiger partial charge in [-0.25, -0.2) is 9.97 Å². The quantitative estimate of drug-likeness (QED) is 0.716. The van der Waals surface area contributed by atoms with E-state index in [1.807, 2.05) is 38.2 Å². The molecule has 0 N–H and O–H groups in total. The number of thiazole rings is 1. The lowest BCUT2D eigenvalue weighted by Gasteiger charge is -2.12. The molecule has 0 amide bonds. The Labute approximate surface area is 139 Å². The third-order valence-electron chi connectivity index (χ3n) is 3.68. The molecule has 6 heteroatoms. The van der Waals surface area contributed by atoms with Crippen molar-refractivity contribution in [1.82, 2.24) is 14.5 Å². The summed E-state index contributed by atoms with van der Waals surface area (Å²) >= 11 is 1.72. The Morgan fingerprint density at radius 2 is 2.00 bits per heavy atom. The third kappa shape index (κ3) is 3.07. The minimum absolute atomic E-state index is 0.743. The minimum Gasteiger partial charge on any atom is -0.497 e. The zero-order valence-electron chi connectivity index (χ0n) is 13.7. The molecular weight excluding hydrogens is 310 g/mol. The highest BCUT2D eigenvalue weighted by molar-refractivity contribution is 7.11. The first-order chi connectivity index (χ1) is 11.1. The van der Waals surface area contributed by atoms with Gasteiger partial charge >= 0.3 is 0 Å². The molecule has 0 aliphatic rings. The molecule has 5 nitrogen and oxygen atoms in total. The van der Waals surface area contributed by atoms with Crippen molar-refractivity contribution in [3.05, 3.63) is 46.2 Å². The summed E-state index contributed by atoms with van der Waals surface area (Å²) in [6, 6.07) is 5.73. The van der Waals surface area contributed by atoms with Crippen LogP contribution in [0.1, 0.15) is 15.6 Å². The molecule has 23 heavy (non-hydrogen) atoms. The second-order valence-corrected chi connectivity index (χ2v) is 6.47. The van der Waals surface area contributed by atoms with Gasteiger partial charge in [-0.2, -0.15) is 0 Å². The summed E-state index contributed by atoms with van der Waals surface area (Å²) in [7, 11) is 3.32. The second-order valence-electron chi connectivity index (χ2n) is 5.19. The first-order valence-corrected chi connectivity index (χ1v) is 8.10. The van der Waals surface area contributed by atoms with Crippen LogP contribution in [0.2, 0.25) is 0 Å². The Bertz CT molecular complexity index is 823. The second kappa shape index (κ2) is 6.42. The topological polar surface area (TPSA) is 49.2 Å². The van der Waals surface area contributed by atoms with E-state index in [9.17, 15) is 0 Å². The smallest absolute Gasteiger partial charge is 0.144 e. The molecule has 0 saturated heterocycles. The fraction of sp³-hybridized carbons (Fsp3) is 0.294. The molecule has 0 atom stereocenters. The fourth-order valence-corrected chi connectivity index (χ4v) is 3.48. The maximum atomic E-state index is 5.48. The molecule has 2 heterocycles. The molecule has 0 bridgehead atoms. The predicted molar refractivity (Wildman–Crippen MR) is 91.5 cm³/mol. The minimum atomic E-state index is 0.743. The number of aromatic nitrogens is 3. The van der Waals surface area contributed by atoms with Gasteiger partial charge in [0.25, 0.3) is 0 Å². The Balaban J connectivity index is 2.02. The van der Waals surface area contributed by atoms with Crippen LogP contribution < -0.4 is 9.47 Å². The van der Waals surface area contributed by atoms with E-state index in [1.54, 1.807) is 31.8 Å². The summed E-state index contributed by atoms with van der Waals surface area (Å²) in [4.78, 5) is 10.2. The van der Waals surface area contributed by atoms with Gasteiger partial charge in [-0.05, 0) is 32.0 Å². The first kappa shape index (κ1) is 15.6. The highest BCUT2D eigenvalue weighted by atomic mass is 32.1. The van der Waals surface area contributed by atoms with E-state index >= 15 is 0 Å². The highest BCUT2D eigenvalue weighted by Crippen LogP contribution is 2.33. The van der Waals surface area contributed by atoms with Crippen molar-refractivity contribution < 1.29 is 9.47 Å². The monoisotopic (exact) mass is 329 g/mol. The van der Waals surface area contributed by atoms with E-state index in [-0.39, 0.29) is 0 Å². The van der Waals surface area contributed by atoms with Crippen molar-refractivity contribution >= 4 is 11.3 Å². The summed E-state index contributed by atoms with van der Waals surface area (Å²) < 4.78 is 12.9. The van der Waals surface area contributed by atoms with Gasteiger partial charge in [-0.15, -0.1) is 11.3 Å². The van der Waals surface area contributed by atoms with Crippen molar-refractivity contribution in [3.8, 4) is 22.9 Å². The lowest BCUT2D eigenvalue weighted by atomic mass is 10.1. The van der Waals surface area contributed by atoms with Gasteiger partial charge in [0.2, 0.25) is 0 Å². The van der Waals surface area contributed by atoms with Crippen LogP contribution in [0, 0.1) is 13.8 Å². The van der Waals surface area contributed by atoms with Crippen molar-refractivity contribution in [3.63, 3.8) is 0 Å². The summed E-state index contributed by atoms with van der Waals surface area (Å²) in [6.07, 6.45) is 3.78. The number of benzene rings is 1. The number of hydrogen-bond acceptors (Lipinski definition) is 5. The zero-order valence-corrected chi connectivity index (χ0v) is 14.5. The normalized spacial score (nSPS) is 10.8. The van der Waals surface area contributed by atoms with Crippen LogP contribution in [-0.2, 0) is 6.54 Å². The first-order valence-electron chi connectivity index (χ1n) is 7.28. The molecule has 2 aromatic heterocycles. The van der Waals surface area contributed by atoms with Gasteiger partial charge in [0.05, 0.1) is 37.0 Å². The summed E-state index contributed by atoms with van der Waals surface area (Å²) in [5, 5.41) is 1.08. The average molecular weight is 329 g/mol. The molecule has 0 fully saturated rings. The molecule has 0 radical (unpaired) electrons. The average Bonchev–Trinajstić information content (AvgIpc) is 3.13. The van der Waals surface area contributed by atoms with Gasteiger partial charge in [0.1, 0.15) is 17.3 Å². The van der Waals surface area contributed by atoms with E-state index in [1.165, 1.54) is 4.88 Å². The Hall–Kier alpha value is -2.34. The van der Waals surface area contributed by atoms with Gasteiger partial charge < -0.3 is 14.0 Å². The van der Waals surface area contributed by atoms with Crippen molar-refractivity contribution in [1.29, 1.82) is 0 Å². The van der Waals surface area contributed by atoms with Gasteiger partial charge in [-0.1, -0.05) is 0 Å². The molecule has 1 aromatic carbocycles. The van der Waals surface area contributed by atoms with Crippen molar-refractivity contribution in [2.75, 3.05) is 14.2 Å². The molecule has 0 saturated carbocycles. The number of hydrogen-bond donors (Lipinski definition) is 0. The van der Waals surface area contributed by atoms with Crippen molar-refractivity contribution in [2.24, 2.45) is 0 Å². The van der Waals surface area contributed by atoms with Crippen LogP contribution >= 0.6 is 11.3 Å². The van der Waals surface area contributed by atoms with Crippen molar-refractivity contribution in [2.45, 2.75) is 20.4 Å². The number of ether oxygens (including phenoxy) is 2. The number of nitrogens with zero attached hydrogens (tertiary/aromatic N) is 3. The number of methoxy groups -OCH3 is 2. The Kier molecular flexibility index (Phi) is 4.34. The van der Waals surface area contributed by atoms with Crippen LogP contribution in [-0.4, -0.2) is 28.8 Å². The Morgan fingerprint density at radius 3 is 2.65 bits per heavy atom. The molecule has 3 rings (SSSR count). The molecule has 0 spiro atoms. The molecule has 3 aromatic rings. The summed E-state index contributed by atoms with van der Waals surface area (Å²) in [6.45, 7) is 4.82. The maximum absolute atomic E-state index is 5.48. The molecule has 0 unspecified atom stereocenters. The van der Waals surface area contributed by atoms with E-state index in [0.29, 0.717) is 0 Å². The van der Waals surface area contributed by atoms with Crippen LogP contribution in [0.25, 0.3) is 11.4 Å². The standard InChI is InChI=1S/C17H19N3O2S/c1-11-16(23-12(2)19-11)10-20-8-7-18-17(20)14-9-13(21-3)5-6-15(14)22-4/h5-9H,10H2,1-4H3. The molecule has 0 aliphatic carbocycles. The van der Waals surface area contributed by atoms with Gasteiger partial charge in [0, 0.05) is 17.3 Å². The number of aryl methyl sites for hydroxylation is 2. The number of rotatable bonds is 5. The molecule has 0 aliphatic heterocycles. The van der Waals surface area contributed by atoms with E-state index < -0.39 is 0 Å². The van der Waals surface area contributed by atoms with Gasteiger partial charge in [-0.3, -0.25) is 0 Å². The highest BCUT2D eigenvalue weighted by Gasteiger charge is 2.15. The molecule has 120 valence electrons. The van der Waals surface area contributed by atoms with Crippen LogP contribution in [0.5, 0.6) is 11.5 Å². The predicted octanol–water partition coefficient (Wildman–Crippen LogP) is 3.69. The fourth-order valence-electron chi connectivity index (χ4n) is 2.54. The summed E-state index contributed by atoms with van der Waals surface area (Å²) in [5.41, 5.74) is 1.99. The Morgan fingerprint density at radius 1 is 1.17 bits per heavy atom. The zero-order chi connectivity index (χ0) is 16.4. The van der Waals surface area contributed by atoms with Crippen LogP contribution in [0.15, 0.2) is 30.6 Å². The third-order valence-corrected chi connectivity index (χ3v) is 4.73. The summed E-state index contributed by atoms with van der Waals surface area (Å²) in [5.74, 6) is 2.40. The largest absolute Gasteiger partial charge is 0.497 e. The van der Waals surface area contributed by atoms with E-state index in [4.69, 9.17) is 9.47 Å². The lowest BCUT2D eigenvalue weighted by molar-refractivity contribution is 0.404. The van der Waals surface area contributed by atoms with Crippen LogP contribution in [0.4, 0.5) is 0 Å². The van der Waals surface area contributed by atoms with Crippen LogP contribution in [0.3, 0.4) is 0 Å². The van der Waals surface area contributed by atoms with E-state index in [2.05, 4.69) is 14.5 Å². The van der Waals surface area contributed by atoms with Gasteiger partial charge in [0.15, 0.2) is 0 Å². The lowest BCUT2D eigenvalue weighted by Crippen LogP contribution is -2.02. The maximum Gasteiger partial charge on any atom is 0.144 e.